The van der Waals surface area contributed by atoms with Crippen molar-refractivity contribution in [1.82, 2.24) is 5.32 Å². The molecule has 1 aromatic rings. The summed E-state index contributed by atoms with van der Waals surface area (Å²) in [5.74, 6) is 0.0520. The summed E-state index contributed by atoms with van der Waals surface area (Å²) in [6, 6.07) is 4.74. The van der Waals surface area contributed by atoms with Crippen LogP contribution in [0.1, 0.15) is 19.3 Å². The van der Waals surface area contributed by atoms with Crippen molar-refractivity contribution in [3.05, 3.63) is 28.2 Å². The molecule has 1 saturated heterocycles. The molecule has 3 nitrogen and oxygen atoms in total. The Kier molecular flexibility index (Phi) is 4.54. The maximum atomic E-state index is 12.3. The lowest BCUT2D eigenvalue weighted by atomic mass is 10.1. The van der Waals surface area contributed by atoms with E-state index in [9.17, 15) is 8.42 Å². The quantitative estimate of drug-likeness (QED) is 0.934. The molecule has 1 atom stereocenters. The summed E-state index contributed by atoms with van der Waals surface area (Å²) in [7, 11) is -3.45. The number of sulfone groups is 1. The number of rotatable bonds is 3. The number of hydrogen-bond donors (Lipinski definition) is 1. The van der Waals surface area contributed by atoms with Crippen molar-refractivity contribution in [3.63, 3.8) is 0 Å². The third-order valence-electron chi connectivity index (χ3n) is 3.06. The average Bonchev–Trinajstić information content (AvgIpc) is 2.28. The summed E-state index contributed by atoms with van der Waals surface area (Å²) >= 11 is 11.9. The van der Waals surface area contributed by atoms with Crippen LogP contribution < -0.4 is 5.32 Å². The fourth-order valence-electron chi connectivity index (χ4n) is 2.19. The molecule has 0 radical (unpaired) electrons. The van der Waals surface area contributed by atoms with Crippen molar-refractivity contribution in [2.45, 2.75) is 30.2 Å². The fourth-order valence-corrected chi connectivity index (χ4v) is 5.01. The van der Waals surface area contributed by atoms with Crippen LogP contribution in [0.4, 0.5) is 0 Å². The zero-order valence-electron chi connectivity index (χ0n) is 9.83. The van der Waals surface area contributed by atoms with Crippen molar-refractivity contribution < 1.29 is 8.42 Å². The third kappa shape index (κ3) is 3.18. The second-order valence-electron chi connectivity index (χ2n) is 4.48. The lowest BCUT2D eigenvalue weighted by Gasteiger charge is -2.23. The van der Waals surface area contributed by atoms with Crippen LogP contribution >= 0.6 is 23.2 Å². The minimum absolute atomic E-state index is 0.00362. The van der Waals surface area contributed by atoms with E-state index < -0.39 is 9.84 Å². The van der Waals surface area contributed by atoms with Gasteiger partial charge in [-0.2, -0.15) is 0 Å². The van der Waals surface area contributed by atoms with Crippen molar-refractivity contribution in [2.75, 3.05) is 12.3 Å². The average molecular weight is 308 g/mol. The molecule has 0 saturated carbocycles. The Bertz CT molecular complexity index is 505. The smallest absolute Gasteiger partial charge is 0.182 e. The van der Waals surface area contributed by atoms with Crippen LogP contribution in [0.2, 0.25) is 10.0 Å². The zero-order chi connectivity index (χ0) is 13.2. The first-order chi connectivity index (χ1) is 8.50. The lowest BCUT2D eigenvalue weighted by molar-refractivity contribution is 0.423. The maximum absolute atomic E-state index is 12.3. The SMILES string of the molecule is O=S(=O)(CC1CCCCN1)c1c(Cl)cccc1Cl. The summed E-state index contributed by atoms with van der Waals surface area (Å²) < 4.78 is 24.7. The molecule has 1 aromatic carbocycles. The fraction of sp³-hybridized carbons (Fsp3) is 0.500. The highest BCUT2D eigenvalue weighted by atomic mass is 35.5. The van der Waals surface area contributed by atoms with Crippen LogP contribution in [-0.2, 0) is 9.84 Å². The molecular formula is C12H15Cl2NO2S. The van der Waals surface area contributed by atoms with E-state index in [2.05, 4.69) is 5.32 Å². The van der Waals surface area contributed by atoms with Gasteiger partial charge in [0.25, 0.3) is 0 Å². The standard InChI is InChI=1S/C12H15Cl2NO2S/c13-10-5-3-6-11(14)12(10)18(16,17)8-9-4-1-2-7-15-9/h3,5-6,9,15H,1-2,4,7-8H2. The molecule has 0 aliphatic carbocycles. The Hall–Kier alpha value is -0.290. The molecule has 0 amide bonds. The van der Waals surface area contributed by atoms with Crippen LogP contribution in [0.25, 0.3) is 0 Å². The Labute approximate surface area is 117 Å². The predicted octanol–water partition coefficient (Wildman–Crippen LogP) is 2.91. The van der Waals surface area contributed by atoms with Crippen molar-refractivity contribution in [1.29, 1.82) is 0 Å². The van der Waals surface area contributed by atoms with Crippen LogP contribution in [0, 0.1) is 0 Å². The largest absolute Gasteiger partial charge is 0.313 e. The second kappa shape index (κ2) is 5.78. The number of hydrogen-bond acceptors (Lipinski definition) is 3. The van der Waals surface area contributed by atoms with Crippen LogP contribution in [0.15, 0.2) is 23.1 Å². The number of benzene rings is 1. The first kappa shape index (κ1) is 14.1. The molecular weight excluding hydrogens is 293 g/mol. The number of piperidine rings is 1. The Morgan fingerprint density at radius 3 is 2.44 bits per heavy atom. The number of halogens is 2. The van der Waals surface area contributed by atoms with Gasteiger partial charge < -0.3 is 5.32 Å². The summed E-state index contributed by atoms with van der Waals surface area (Å²) in [6.45, 7) is 0.871. The van der Waals surface area contributed by atoms with Gasteiger partial charge in [-0.15, -0.1) is 0 Å². The zero-order valence-corrected chi connectivity index (χ0v) is 12.2. The van der Waals surface area contributed by atoms with E-state index in [1.54, 1.807) is 18.2 Å². The summed E-state index contributed by atoms with van der Waals surface area (Å²) in [4.78, 5) is 0.0562. The van der Waals surface area contributed by atoms with Gasteiger partial charge in [0.15, 0.2) is 9.84 Å². The first-order valence-corrected chi connectivity index (χ1v) is 8.32. The maximum Gasteiger partial charge on any atom is 0.182 e. The van der Waals surface area contributed by atoms with E-state index in [1.165, 1.54) is 0 Å². The van der Waals surface area contributed by atoms with E-state index in [0.29, 0.717) is 0 Å². The van der Waals surface area contributed by atoms with Gasteiger partial charge in [-0.3, -0.25) is 0 Å². The molecule has 6 heteroatoms. The van der Waals surface area contributed by atoms with Crippen LogP contribution in [0.3, 0.4) is 0 Å². The molecule has 0 aromatic heterocycles. The minimum Gasteiger partial charge on any atom is -0.313 e. The molecule has 100 valence electrons. The van der Waals surface area contributed by atoms with Crippen molar-refractivity contribution in [3.8, 4) is 0 Å². The van der Waals surface area contributed by atoms with Gasteiger partial charge in [0.2, 0.25) is 0 Å². The number of nitrogens with one attached hydrogen (secondary N) is 1. The lowest BCUT2D eigenvalue weighted by Crippen LogP contribution is -2.39. The third-order valence-corrected chi connectivity index (χ3v) is 5.82. The van der Waals surface area contributed by atoms with Gasteiger partial charge in [-0.25, -0.2) is 8.42 Å². The molecule has 1 aliphatic heterocycles. The molecule has 1 heterocycles. The van der Waals surface area contributed by atoms with Gasteiger partial charge >= 0.3 is 0 Å². The van der Waals surface area contributed by atoms with Gasteiger partial charge in [0, 0.05) is 6.04 Å². The molecule has 1 fully saturated rings. The van der Waals surface area contributed by atoms with E-state index in [4.69, 9.17) is 23.2 Å². The predicted molar refractivity (Wildman–Crippen MR) is 74.2 cm³/mol. The van der Waals surface area contributed by atoms with Gasteiger partial charge in [0.05, 0.1) is 15.8 Å². The van der Waals surface area contributed by atoms with E-state index in [0.717, 1.165) is 25.8 Å². The van der Waals surface area contributed by atoms with Crippen LogP contribution in [-0.4, -0.2) is 26.8 Å². The molecule has 18 heavy (non-hydrogen) atoms. The normalized spacial score (nSPS) is 20.9. The minimum atomic E-state index is -3.45. The Morgan fingerprint density at radius 1 is 1.22 bits per heavy atom. The van der Waals surface area contributed by atoms with E-state index >= 15 is 0 Å². The molecule has 2 rings (SSSR count). The van der Waals surface area contributed by atoms with E-state index in [-0.39, 0.29) is 26.7 Å². The van der Waals surface area contributed by atoms with Crippen LogP contribution in [0.5, 0.6) is 0 Å². The second-order valence-corrected chi connectivity index (χ2v) is 7.26. The highest BCUT2D eigenvalue weighted by Gasteiger charge is 2.26. The first-order valence-electron chi connectivity index (χ1n) is 5.91. The molecule has 0 spiro atoms. The molecule has 1 unspecified atom stereocenters. The van der Waals surface area contributed by atoms with Gasteiger partial charge in [0.1, 0.15) is 4.90 Å². The highest BCUT2D eigenvalue weighted by molar-refractivity contribution is 7.91. The molecule has 0 bridgehead atoms. The van der Waals surface area contributed by atoms with E-state index in [1.807, 2.05) is 0 Å². The van der Waals surface area contributed by atoms with Gasteiger partial charge in [-0.05, 0) is 31.5 Å². The summed E-state index contributed by atoms with van der Waals surface area (Å²) in [5.41, 5.74) is 0. The highest BCUT2D eigenvalue weighted by Crippen LogP contribution is 2.30. The molecule has 1 aliphatic rings. The van der Waals surface area contributed by atoms with Crippen molar-refractivity contribution in [2.24, 2.45) is 0 Å². The molecule has 1 N–H and O–H groups in total. The summed E-state index contributed by atoms with van der Waals surface area (Å²) in [5, 5.41) is 3.60. The Morgan fingerprint density at radius 2 is 1.89 bits per heavy atom. The topological polar surface area (TPSA) is 46.2 Å². The monoisotopic (exact) mass is 307 g/mol. The Balaban J connectivity index is 2.25. The summed E-state index contributed by atoms with van der Waals surface area (Å²) in [6.07, 6.45) is 3.04. The van der Waals surface area contributed by atoms with Crippen molar-refractivity contribution >= 4 is 33.0 Å². The van der Waals surface area contributed by atoms with Gasteiger partial charge in [-0.1, -0.05) is 35.7 Å².